The van der Waals surface area contributed by atoms with Gasteiger partial charge in [0.1, 0.15) is 5.25 Å². The van der Waals surface area contributed by atoms with E-state index in [9.17, 15) is 8.42 Å². The van der Waals surface area contributed by atoms with Crippen LogP contribution in [-0.4, -0.2) is 39.9 Å². The van der Waals surface area contributed by atoms with Gasteiger partial charge in [-0.2, -0.15) is 0 Å². The molecule has 3 aromatic rings. The third-order valence-corrected chi connectivity index (χ3v) is 7.77. The van der Waals surface area contributed by atoms with Crippen LogP contribution in [0.25, 0.3) is 0 Å². The van der Waals surface area contributed by atoms with Crippen molar-refractivity contribution in [1.29, 1.82) is 0 Å². The van der Waals surface area contributed by atoms with Crippen LogP contribution in [0, 0.1) is 0 Å². The van der Waals surface area contributed by atoms with Crippen LogP contribution < -0.4 is 0 Å². The Bertz CT molecular complexity index is 918. The Kier molecular flexibility index (Phi) is 7.08. The minimum Gasteiger partial charge on any atom is -0.354 e. The highest BCUT2D eigenvalue weighted by molar-refractivity contribution is 7.92. The van der Waals surface area contributed by atoms with Crippen molar-refractivity contribution < 1.29 is 17.9 Å². The summed E-state index contributed by atoms with van der Waals surface area (Å²) >= 11 is 0. The van der Waals surface area contributed by atoms with E-state index in [-0.39, 0.29) is 5.75 Å². The zero-order chi connectivity index (χ0) is 21.6. The van der Waals surface area contributed by atoms with Crippen molar-refractivity contribution in [2.24, 2.45) is 0 Å². The second kappa shape index (κ2) is 9.56. The molecule has 3 aromatic carbocycles. The van der Waals surface area contributed by atoms with Gasteiger partial charge in [-0.1, -0.05) is 97.9 Å². The van der Waals surface area contributed by atoms with Gasteiger partial charge in [0.2, 0.25) is 0 Å². The summed E-state index contributed by atoms with van der Waals surface area (Å²) in [6.45, 7) is 1.66. The lowest BCUT2D eigenvalue weighted by molar-refractivity contribution is -0.109. The average molecular weight is 425 g/mol. The summed E-state index contributed by atoms with van der Waals surface area (Å²) in [4.78, 5) is 0. The van der Waals surface area contributed by atoms with Crippen LogP contribution in [0.5, 0.6) is 0 Å². The third kappa shape index (κ3) is 3.93. The van der Waals surface area contributed by atoms with Crippen LogP contribution in [0.15, 0.2) is 91.0 Å². The number of ether oxygens (including phenoxy) is 2. The van der Waals surface area contributed by atoms with Crippen LogP contribution >= 0.6 is 0 Å². The van der Waals surface area contributed by atoms with E-state index in [4.69, 9.17) is 9.47 Å². The number of sulfone groups is 1. The van der Waals surface area contributed by atoms with E-state index in [1.165, 1.54) is 14.2 Å². The third-order valence-electron chi connectivity index (χ3n) is 5.62. The smallest absolute Gasteiger partial charge is 0.175 e. The molecule has 0 spiro atoms. The number of hydrogen-bond donors (Lipinski definition) is 0. The summed E-state index contributed by atoms with van der Waals surface area (Å²) in [6, 6.07) is 29.2. The van der Waals surface area contributed by atoms with Crippen molar-refractivity contribution in [3.63, 3.8) is 0 Å². The van der Waals surface area contributed by atoms with Gasteiger partial charge >= 0.3 is 0 Å². The summed E-state index contributed by atoms with van der Waals surface area (Å²) < 4.78 is 38.6. The first kappa shape index (κ1) is 22.2. The van der Waals surface area contributed by atoms with Crippen LogP contribution in [-0.2, 0) is 24.7 Å². The molecule has 1 atom stereocenters. The first-order chi connectivity index (χ1) is 14.5. The molecule has 3 rings (SSSR count). The zero-order valence-electron chi connectivity index (χ0n) is 17.6. The van der Waals surface area contributed by atoms with Gasteiger partial charge in [-0.3, -0.25) is 0 Å². The molecule has 0 N–H and O–H groups in total. The molecule has 5 heteroatoms. The second-order valence-electron chi connectivity index (χ2n) is 7.12. The lowest BCUT2D eigenvalue weighted by Gasteiger charge is -2.44. The van der Waals surface area contributed by atoms with E-state index in [0.717, 1.165) is 16.7 Å². The monoisotopic (exact) mass is 424 g/mol. The standard InChI is InChI=1S/C25H28O4S/c1-4-30(26,27)23(24(28-2)29-3)25(20-14-8-5-9-15-20,21-16-10-6-11-17-21)22-18-12-7-13-19-22/h5-19,23-24H,4H2,1-3H3. The van der Waals surface area contributed by atoms with Crippen molar-refractivity contribution in [2.75, 3.05) is 20.0 Å². The Hall–Kier alpha value is -2.47. The van der Waals surface area contributed by atoms with E-state index in [2.05, 4.69) is 0 Å². The number of rotatable bonds is 9. The molecule has 30 heavy (non-hydrogen) atoms. The predicted molar refractivity (Wildman–Crippen MR) is 120 cm³/mol. The molecule has 1 unspecified atom stereocenters. The molecule has 0 aliphatic rings. The Morgan fingerprint density at radius 3 is 1.30 bits per heavy atom. The van der Waals surface area contributed by atoms with Crippen molar-refractivity contribution in [3.8, 4) is 0 Å². The first-order valence-corrected chi connectivity index (χ1v) is 11.7. The summed E-state index contributed by atoms with van der Waals surface area (Å²) in [7, 11) is -0.667. The fourth-order valence-electron chi connectivity index (χ4n) is 4.26. The van der Waals surface area contributed by atoms with Gasteiger partial charge in [-0.15, -0.1) is 0 Å². The Morgan fingerprint density at radius 2 is 1.03 bits per heavy atom. The molecule has 158 valence electrons. The molecule has 0 radical (unpaired) electrons. The summed E-state index contributed by atoms with van der Waals surface area (Å²) in [6.07, 6.45) is -0.962. The van der Waals surface area contributed by atoms with Crippen LogP contribution in [0.4, 0.5) is 0 Å². The molecule has 0 fully saturated rings. The predicted octanol–water partition coefficient (Wildman–Crippen LogP) is 4.44. The highest BCUT2D eigenvalue weighted by atomic mass is 32.2. The Morgan fingerprint density at radius 1 is 0.700 bits per heavy atom. The topological polar surface area (TPSA) is 52.6 Å². The molecule has 0 aliphatic heterocycles. The van der Waals surface area contributed by atoms with Crippen LogP contribution in [0.3, 0.4) is 0 Å². The molecule has 0 bridgehead atoms. The minimum atomic E-state index is -3.64. The largest absolute Gasteiger partial charge is 0.354 e. The van der Waals surface area contributed by atoms with Crippen LogP contribution in [0.2, 0.25) is 0 Å². The molecular weight excluding hydrogens is 396 g/mol. The van der Waals surface area contributed by atoms with E-state index in [1.54, 1.807) is 6.92 Å². The van der Waals surface area contributed by atoms with E-state index >= 15 is 0 Å². The van der Waals surface area contributed by atoms with Gasteiger partial charge in [0.15, 0.2) is 16.1 Å². The molecule has 0 saturated heterocycles. The molecule has 4 nitrogen and oxygen atoms in total. The molecule has 0 aromatic heterocycles. The molecule has 0 heterocycles. The maximum Gasteiger partial charge on any atom is 0.175 e. The molecule has 0 saturated carbocycles. The highest BCUT2D eigenvalue weighted by Crippen LogP contribution is 2.46. The summed E-state index contributed by atoms with van der Waals surface area (Å²) in [5.41, 5.74) is 1.56. The molecule has 0 amide bonds. The van der Waals surface area contributed by atoms with Gasteiger partial charge in [0.05, 0.1) is 5.41 Å². The van der Waals surface area contributed by atoms with Gasteiger partial charge in [0, 0.05) is 20.0 Å². The van der Waals surface area contributed by atoms with Gasteiger partial charge < -0.3 is 9.47 Å². The Balaban J connectivity index is 2.52. The SMILES string of the molecule is CCS(=O)(=O)C(C(OC)OC)C(c1ccccc1)(c1ccccc1)c1ccccc1. The molecule has 0 aliphatic carbocycles. The number of methoxy groups -OCH3 is 2. The van der Waals surface area contributed by atoms with Crippen molar-refractivity contribution in [1.82, 2.24) is 0 Å². The fourth-order valence-corrected chi connectivity index (χ4v) is 6.13. The van der Waals surface area contributed by atoms with Crippen molar-refractivity contribution in [2.45, 2.75) is 23.9 Å². The fraction of sp³-hybridized carbons (Fsp3) is 0.280. The second-order valence-corrected chi connectivity index (χ2v) is 9.53. The Labute approximate surface area is 179 Å². The maximum absolute atomic E-state index is 13.7. The molecular formula is C25H28O4S. The minimum absolute atomic E-state index is 0.0326. The lowest BCUT2D eigenvalue weighted by atomic mass is 9.66. The van der Waals surface area contributed by atoms with Crippen molar-refractivity contribution in [3.05, 3.63) is 108 Å². The van der Waals surface area contributed by atoms with Gasteiger partial charge in [-0.05, 0) is 16.7 Å². The van der Waals surface area contributed by atoms with Gasteiger partial charge in [-0.25, -0.2) is 8.42 Å². The number of benzene rings is 3. The maximum atomic E-state index is 13.7. The van der Waals surface area contributed by atoms with E-state index in [0.29, 0.717) is 0 Å². The van der Waals surface area contributed by atoms with E-state index < -0.39 is 26.8 Å². The first-order valence-electron chi connectivity index (χ1n) is 9.96. The summed E-state index contributed by atoms with van der Waals surface area (Å²) in [5, 5.41) is -1.00. The van der Waals surface area contributed by atoms with Crippen LogP contribution in [0.1, 0.15) is 23.6 Å². The number of hydrogen-bond acceptors (Lipinski definition) is 4. The zero-order valence-corrected chi connectivity index (χ0v) is 18.4. The van der Waals surface area contributed by atoms with Gasteiger partial charge in [0.25, 0.3) is 0 Å². The van der Waals surface area contributed by atoms with E-state index in [1.807, 2.05) is 91.0 Å². The average Bonchev–Trinajstić information content (AvgIpc) is 2.81. The normalized spacial score (nSPS) is 13.3. The van der Waals surface area contributed by atoms with Crippen molar-refractivity contribution >= 4 is 9.84 Å². The summed E-state index contributed by atoms with van der Waals surface area (Å²) in [5.74, 6) is -0.0326. The lowest BCUT2D eigenvalue weighted by Crippen LogP contribution is -2.54. The highest BCUT2D eigenvalue weighted by Gasteiger charge is 2.53. The quantitative estimate of drug-likeness (QED) is 0.376.